The molecule has 2 aliphatic rings. The van der Waals surface area contributed by atoms with E-state index in [2.05, 4.69) is 37.4 Å². The van der Waals surface area contributed by atoms with Crippen LogP contribution in [0.2, 0.25) is 0 Å². The van der Waals surface area contributed by atoms with Crippen molar-refractivity contribution in [3.63, 3.8) is 0 Å². The smallest absolute Gasteiger partial charge is 0.0309 e. The van der Waals surface area contributed by atoms with Gasteiger partial charge in [0, 0.05) is 35.7 Å². The van der Waals surface area contributed by atoms with Crippen molar-refractivity contribution in [1.82, 2.24) is 4.90 Å². The third-order valence-corrected chi connectivity index (χ3v) is 5.78. The second-order valence-corrected chi connectivity index (χ2v) is 7.34. The van der Waals surface area contributed by atoms with Crippen molar-refractivity contribution < 1.29 is 0 Å². The van der Waals surface area contributed by atoms with Gasteiger partial charge in [-0.3, -0.25) is 4.90 Å². The van der Waals surface area contributed by atoms with Crippen LogP contribution >= 0.6 is 11.8 Å². The van der Waals surface area contributed by atoms with Gasteiger partial charge in [0.1, 0.15) is 0 Å². The average Bonchev–Trinajstić information content (AvgIpc) is 3.05. The number of nitrogens with zero attached hydrogens (tertiary/aromatic N) is 1. The van der Waals surface area contributed by atoms with Gasteiger partial charge in [0.25, 0.3) is 0 Å². The van der Waals surface area contributed by atoms with Gasteiger partial charge >= 0.3 is 0 Å². The van der Waals surface area contributed by atoms with Gasteiger partial charge in [-0.05, 0) is 26.2 Å². The summed E-state index contributed by atoms with van der Waals surface area (Å²) in [4.78, 5) is 2.69. The summed E-state index contributed by atoms with van der Waals surface area (Å²) in [6, 6.07) is 0.672. The molecule has 2 fully saturated rings. The first-order chi connectivity index (χ1) is 7.57. The molecule has 0 amide bonds. The predicted octanol–water partition coefficient (Wildman–Crippen LogP) is 2.33. The molecular weight excluding hydrogens is 216 g/mol. The monoisotopic (exact) mass is 242 g/mol. The molecular formula is C13H26N2S. The van der Waals surface area contributed by atoms with Gasteiger partial charge in [0.2, 0.25) is 0 Å². The van der Waals surface area contributed by atoms with E-state index in [0.717, 1.165) is 17.7 Å². The largest absolute Gasteiger partial charge is 0.329 e. The van der Waals surface area contributed by atoms with Gasteiger partial charge in [0.15, 0.2) is 0 Å². The molecule has 2 nitrogen and oxygen atoms in total. The minimum absolute atomic E-state index is 0.246. The van der Waals surface area contributed by atoms with Crippen molar-refractivity contribution in [2.24, 2.45) is 11.7 Å². The summed E-state index contributed by atoms with van der Waals surface area (Å²) in [5.74, 6) is 2.23. The predicted molar refractivity (Wildman–Crippen MR) is 72.9 cm³/mol. The lowest BCUT2D eigenvalue weighted by Gasteiger charge is -2.49. The maximum atomic E-state index is 6.07. The third-order valence-electron chi connectivity index (χ3n) is 4.44. The molecule has 3 atom stereocenters. The molecule has 0 bridgehead atoms. The Morgan fingerprint density at radius 1 is 1.38 bits per heavy atom. The Labute approximate surface area is 104 Å². The lowest BCUT2D eigenvalue weighted by molar-refractivity contribution is 0.0598. The Kier molecular flexibility index (Phi) is 3.87. The maximum Gasteiger partial charge on any atom is 0.0309 e. The normalized spacial score (nSPS) is 36.0. The molecule has 1 aliphatic heterocycles. The quantitative estimate of drug-likeness (QED) is 0.820. The zero-order chi connectivity index (χ0) is 11.8. The van der Waals surface area contributed by atoms with Gasteiger partial charge in [0.05, 0.1) is 0 Å². The van der Waals surface area contributed by atoms with E-state index in [1.165, 1.54) is 31.6 Å². The third kappa shape index (κ3) is 2.57. The van der Waals surface area contributed by atoms with Crippen LogP contribution in [0.15, 0.2) is 0 Å². The van der Waals surface area contributed by atoms with Gasteiger partial charge in [-0.15, -0.1) is 0 Å². The van der Waals surface area contributed by atoms with Crippen LogP contribution in [0.4, 0.5) is 0 Å². The summed E-state index contributed by atoms with van der Waals surface area (Å²) in [5.41, 5.74) is 6.32. The van der Waals surface area contributed by atoms with Crippen molar-refractivity contribution in [3.05, 3.63) is 0 Å². The van der Waals surface area contributed by atoms with Crippen molar-refractivity contribution in [3.8, 4) is 0 Å². The Morgan fingerprint density at radius 3 is 2.62 bits per heavy atom. The molecule has 0 aromatic rings. The topological polar surface area (TPSA) is 29.3 Å². The molecule has 0 spiro atoms. The Balaban J connectivity index is 2.05. The molecule has 0 radical (unpaired) electrons. The van der Waals surface area contributed by atoms with Gasteiger partial charge in [-0.1, -0.05) is 19.8 Å². The van der Waals surface area contributed by atoms with Crippen molar-refractivity contribution in [1.29, 1.82) is 0 Å². The van der Waals surface area contributed by atoms with Crippen LogP contribution in [0.5, 0.6) is 0 Å². The van der Waals surface area contributed by atoms with Crippen LogP contribution in [0.1, 0.15) is 40.0 Å². The van der Waals surface area contributed by atoms with E-state index in [0.29, 0.717) is 6.04 Å². The lowest BCUT2D eigenvalue weighted by atomic mass is 9.90. The van der Waals surface area contributed by atoms with Gasteiger partial charge in [-0.25, -0.2) is 0 Å². The molecule has 2 rings (SSSR count). The highest BCUT2D eigenvalue weighted by molar-refractivity contribution is 8.00. The number of hydrogen-bond acceptors (Lipinski definition) is 3. The molecule has 16 heavy (non-hydrogen) atoms. The first-order valence-corrected chi connectivity index (χ1v) is 7.70. The summed E-state index contributed by atoms with van der Waals surface area (Å²) in [6.45, 7) is 9.14. The highest BCUT2D eigenvalue weighted by atomic mass is 32.2. The van der Waals surface area contributed by atoms with Crippen LogP contribution in [-0.2, 0) is 0 Å². The molecule has 3 heteroatoms. The Hall–Kier alpha value is 0.270. The number of nitrogens with two attached hydrogens (primary N) is 1. The van der Waals surface area contributed by atoms with Gasteiger partial charge < -0.3 is 5.73 Å². The molecule has 2 N–H and O–H groups in total. The molecule has 1 aliphatic carbocycles. The fraction of sp³-hybridized carbons (Fsp3) is 1.00. The second-order valence-electron chi connectivity index (χ2n) is 5.86. The van der Waals surface area contributed by atoms with Gasteiger partial charge in [-0.2, -0.15) is 11.8 Å². The summed E-state index contributed by atoms with van der Waals surface area (Å²) < 4.78 is 0. The molecule has 94 valence electrons. The fourth-order valence-electron chi connectivity index (χ4n) is 2.96. The number of thioether (sulfide) groups is 1. The highest BCUT2D eigenvalue weighted by Gasteiger charge is 2.41. The van der Waals surface area contributed by atoms with E-state index in [4.69, 9.17) is 5.73 Å². The van der Waals surface area contributed by atoms with E-state index in [9.17, 15) is 0 Å². The SMILES string of the molecule is CC1SCCN(C(C)(CN)CC2CC2)C1C. The molecule has 1 saturated carbocycles. The van der Waals surface area contributed by atoms with Crippen LogP contribution in [0, 0.1) is 5.92 Å². The number of rotatable bonds is 4. The summed E-state index contributed by atoms with van der Waals surface area (Å²) in [6.07, 6.45) is 4.18. The first kappa shape index (κ1) is 12.7. The average molecular weight is 242 g/mol. The zero-order valence-electron chi connectivity index (χ0n) is 10.9. The number of hydrogen-bond donors (Lipinski definition) is 1. The molecule has 3 unspecified atom stereocenters. The van der Waals surface area contributed by atoms with E-state index >= 15 is 0 Å². The molecule has 0 aromatic heterocycles. The fourth-order valence-corrected chi connectivity index (χ4v) is 4.06. The van der Waals surface area contributed by atoms with Crippen molar-refractivity contribution in [2.45, 2.75) is 56.9 Å². The van der Waals surface area contributed by atoms with Crippen LogP contribution in [-0.4, -0.2) is 40.6 Å². The van der Waals surface area contributed by atoms with Crippen LogP contribution in [0.25, 0.3) is 0 Å². The molecule has 1 heterocycles. The van der Waals surface area contributed by atoms with E-state index < -0.39 is 0 Å². The van der Waals surface area contributed by atoms with Crippen molar-refractivity contribution in [2.75, 3.05) is 18.8 Å². The van der Waals surface area contributed by atoms with E-state index in [1.807, 2.05) is 0 Å². The highest BCUT2D eigenvalue weighted by Crippen LogP contribution is 2.40. The van der Waals surface area contributed by atoms with E-state index in [-0.39, 0.29) is 5.54 Å². The first-order valence-electron chi connectivity index (χ1n) is 6.65. The lowest BCUT2D eigenvalue weighted by Crippen LogP contribution is -2.60. The maximum absolute atomic E-state index is 6.07. The summed E-state index contributed by atoms with van der Waals surface area (Å²) >= 11 is 2.11. The minimum atomic E-state index is 0.246. The molecule has 1 saturated heterocycles. The summed E-state index contributed by atoms with van der Waals surface area (Å²) in [5, 5.41) is 0.749. The van der Waals surface area contributed by atoms with Crippen LogP contribution in [0.3, 0.4) is 0 Å². The Bertz CT molecular complexity index is 242. The van der Waals surface area contributed by atoms with Crippen molar-refractivity contribution >= 4 is 11.8 Å². The Morgan fingerprint density at radius 2 is 2.06 bits per heavy atom. The van der Waals surface area contributed by atoms with E-state index in [1.54, 1.807) is 0 Å². The zero-order valence-corrected chi connectivity index (χ0v) is 11.7. The second kappa shape index (κ2) is 4.87. The molecule has 0 aromatic carbocycles. The minimum Gasteiger partial charge on any atom is -0.329 e. The summed E-state index contributed by atoms with van der Waals surface area (Å²) in [7, 11) is 0. The van der Waals surface area contributed by atoms with Crippen LogP contribution < -0.4 is 5.73 Å². The standard InChI is InChI=1S/C13H26N2S/c1-10-11(2)16-7-6-15(10)13(3,9-14)8-12-4-5-12/h10-12H,4-9,14H2,1-3H3.